The van der Waals surface area contributed by atoms with Crippen LogP contribution in [0.1, 0.15) is 0 Å². The van der Waals surface area contributed by atoms with Crippen LogP contribution in [0.15, 0.2) is 42.6 Å². The van der Waals surface area contributed by atoms with Crippen molar-refractivity contribution in [3.05, 3.63) is 52.9 Å². The minimum absolute atomic E-state index is 0.196. The number of halogens is 2. The van der Waals surface area contributed by atoms with Crippen LogP contribution in [0, 0.1) is 0 Å². The van der Waals surface area contributed by atoms with Crippen molar-refractivity contribution in [2.24, 2.45) is 0 Å². The first-order valence-corrected chi connectivity index (χ1v) is 6.70. The molecule has 3 nitrogen and oxygen atoms in total. The second-order valence-electron chi connectivity index (χ2n) is 4.24. The van der Waals surface area contributed by atoms with Crippen molar-refractivity contribution in [1.29, 1.82) is 0 Å². The first-order chi connectivity index (χ1) is 9.69. The summed E-state index contributed by atoms with van der Waals surface area (Å²) in [5.41, 5.74) is 2.57. The van der Waals surface area contributed by atoms with E-state index in [4.69, 9.17) is 27.9 Å². The topological polar surface area (TPSA) is 35.0 Å². The third-order valence-corrected chi connectivity index (χ3v) is 3.54. The molecule has 0 radical (unpaired) electrons. The third-order valence-electron chi connectivity index (χ3n) is 3.02. The van der Waals surface area contributed by atoms with Crippen LogP contribution in [0.3, 0.4) is 0 Å². The molecule has 0 amide bonds. The Morgan fingerprint density at radius 3 is 2.65 bits per heavy atom. The maximum atomic E-state index is 6.24. The third kappa shape index (κ3) is 2.30. The molecule has 0 unspecified atom stereocenters. The summed E-state index contributed by atoms with van der Waals surface area (Å²) in [5.74, 6) is 0.640. The molecule has 1 heterocycles. The number of aromatic nitrogens is 2. The predicted molar refractivity (Wildman–Crippen MR) is 81.5 cm³/mol. The number of methoxy groups -OCH3 is 1. The SMILES string of the molecule is COc1cc(-c2ccccc2Cl)cc2cnc(Cl)nc12. The quantitative estimate of drug-likeness (QED) is 0.648. The van der Waals surface area contributed by atoms with E-state index in [-0.39, 0.29) is 5.28 Å². The average Bonchev–Trinajstić information content (AvgIpc) is 2.46. The van der Waals surface area contributed by atoms with Crippen LogP contribution in [0.2, 0.25) is 10.3 Å². The number of hydrogen-bond donors (Lipinski definition) is 0. The van der Waals surface area contributed by atoms with Gasteiger partial charge >= 0.3 is 0 Å². The van der Waals surface area contributed by atoms with Gasteiger partial charge in [-0.1, -0.05) is 29.8 Å². The number of hydrogen-bond acceptors (Lipinski definition) is 3. The second kappa shape index (κ2) is 5.27. The molecule has 20 heavy (non-hydrogen) atoms. The molecule has 2 aromatic carbocycles. The molecule has 100 valence electrons. The Bertz CT molecular complexity index is 790. The largest absolute Gasteiger partial charge is 0.494 e. The van der Waals surface area contributed by atoms with Crippen LogP contribution in [-0.2, 0) is 0 Å². The summed E-state index contributed by atoms with van der Waals surface area (Å²) in [6.07, 6.45) is 1.67. The summed E-state index contributed by atoms with van der Waals surface area (Å²) >= 11 is 12.1. The Morgan fingerprint density at radius 1 is 1.10 bits per heavy atom. The molecule has 0 aliphatic carbocycles. The molecule has 3 aromatic rings. The van der Waals surface area contributed by atoms with Crippen LogP contribution in [0.25, 0.3) is 22.0 Å². The lowest BCUT2D eigenvalue weighted by atomic mass is 10.0. The maximum absolute atomic E-state index is 6.24. The summed E-state index contributed by atoms with van der Waals surface area (Å²) in [6.45, 7) is 0. The Kier molecular flexibility index (Phi) is 3.47. The minimum Gasteiger partial charge on any atom is -0.494 e. The van der Waals surface area contributed by atoms with Crippen LogP contribution < -0.4 is 4.74 Å². The van der Waals surface area contributed by atoms with Crippen molar-refractivity contribution in [2.75, 3.05) is 7.11 Å². The maximum Gasteiger partial charge on any atom is 0.223 e. The van der Waals surface area contributed by atoms with Gasteiger partial charge < -0.3 is 4.74 Å². The highest BCUT2D eigenvalue weighted by Crippen LogP contribution is 2.34. The highest BCUT2D eigenvalue weighted by Gasteiger charge is 2.10. The molecule has 0 N–H and O–H groups in total. The van der Waals surface area contributed by atoms with E-state index in [0.29, 0.717) is 16.3 Å². The molecule has 0 spiro atoms. The summed E-state index contributed by atoms with van der Waals surface area (Å²) < 4.78 is 5.39. The average molecular weight is 305 g/mol. The van der Waals surface area contributed by atoms with Crippen molar-refractivity contribution in [3.8, 4) is 16.9 Å². The summed E-state index contributed by atoms with van der Waals surface area (Å²) in [5, 5.41) is 1.73. The van der Waals surface area contributed by atoms with Crippen LogP contribution in [0.4, 0.5) is 0 Å². The Balaban J connectivity index is 2.29. The standard InChI is InChI=1S/C15H10Cl2N2O/c1-20-13-7-9(11-4-2-3-5-12(11)16)6-10-8-18-15(17)19-14(10)13/h2-8H,1H3. The summed E-state index contributed by atoms with van der Waals surface area (Å²) in [6, 6.07) is 11.5. The zero-order valence-electron chi connectivity index (χ0n) is 10.6. The molecule has 1 aromatic heterocycles. The van der Waals surface area contributed by atoms with E-state index >= 15 is 0 Å². The number of fused-ring (bicyclic) bond motifs is 1. The Morgan fingerprint density at radius 2 is 1.90 bits per heavy atom. The van der Waals surface area contributed by atoms with E-state index in [0.717, 1.165) is 16.5 Å². The number of nitrogens with zero attached hydrogens (tertiary/aromatic N) is 2. The molecule has 5 heteroatoms. The number of rotatable bonds is 2. The molecule has 0 aliphatic heterocycles. The van der Waals surface area contributed by atoms with E-state index in [1.165, 1.54) is 0 Å². The van der Waals surface area contributed by atoms with E-state index < -0.39 is 0 Å². The highest BCUT2D eigenvalue weighted by molar-refractivity contribution is 6.33. The van der Waals surface area contributed by atoms with Gasteiger partial charge in [0.1, 0.15) is 11.3 Å². The van der Waals surface area contributed by atoms with Crippen LogP contribution >= 0.6 is 23.2 Å². The van der Waals surface area contributed by atoms with E-state index in [1.54, 1.807) is 13.3 Å². The number of ether oxygens (including phenoxy) is 1. The van der Waals surface area contributed by atoms with Gasteiger partial charge in [-0.25, -0.2) is 9.97 Å². The van der Waals surface area contributed by atoms with Gasteiger partial charge in [-0.3, -0.25) is 0 Å². The first kappa shape index (κ1) is 13.2. The van der Waals surface area contributed by atoms with Crippen LogP contribution in [0.5, 0.6) is 5.75 Å². The van der Waals surface area contributed by atoms with Gasteiger partial charge in [-0.2, -0.15) is 0 Å². The summed E-state index contributed by atoms with van der Waals surface area (Å²) in [4.78, 5) is 8.21. The van der Waals surface area contributed by atoms with Gasteiger partial charge in [0.15, 0.2) is 0 Å². The Labute approximate surface area is 126 Å². The van der Waals surface area contributed by atoms with Crippen LogP contribution in [-0.4, -0.2) is 17.1 Å². The molecule has 0 bridgehead atoms. The zero-order valence-corrected chi connectivity index (χ0v) is 12.1. The lowest BCUT2D eigenvalue weighted by Gasteiger charge is -2.10. The first-order valence-electron chi connectivity index (χ1n) is 5.94. The fourth-order valence-corrected chi connectivity index (χ4v) is 2.48. The molecule has 0 saturated carbocycles. The van der Waals surface area contributed by atoms with Gasteiger partial charge in [0.2, 0.25) is 5.28 Å². The van der Waals surface area contributed by atoms with Gasteiger partial charge in [0.05, 0.1) is 7.11 Å². The van der Waals surface area contributed by atoms with Gasteiger partial charge in [-0.05, 0) is 35.4 Å². The lowest BCUT2D eigenvalue weighted by Crippen LogP contribution is -1.92. The molecule has 3 rings (SSSR count). The van der Waals surface area contributed by atoms with E-state index in [2.05, 4.69) is 9.97 Å². The normalized spacial score (nSPS) is 10.8. The predicted octanol–water partition coefficient (Wildman–Crippen LogP) is 4.61. The molecule has 0 atom stereocenters. The summed E-state index contributed by atoms with van der Waals surface area (Å²) in [7, 11) is 1.60. The van der Waals surface area contributed by atoms with E-state index in [1.807, 2.05) is 36.4 Å². The van der Waals surface area contributed by atoms with Crippen molar-refractivity contribution in [2.45, 2.75) is 0 Å². The van der Waals surface area contributed by atoms with Crippen molar-refractivity contribution >= 4 is 34.1 Å². The molecular weight excluding hydrogens is 295 g/mol. The monoisotopic (exact) mass is 304 g/mol. The fraction of sp³-hybridized carbons (Fsp3) is 0.0667. The minimum atomic E-state index is 0.196. The molecular formula is C15H10Cl2N2O. The zero-order chi connectivity index (χ0) is 14.1. The smallest absolute Gasteiger partial charge is 0.223 e. The fourth-order valence-electron chi connectivity index (χ4n) is 2.10. The second-order valence-corrected chi connectivity index (χ2v) is 4.98. The van der Waals surface area contributed by atoms with Gasteiger partial charge in [-0.15, -0.1) is 0 Å². The van der Waals surface area contributed by atoms with Crippen molar-refractivity contribution < 1.29 is 4.74 Å². The molecule has 0 fully saturated rings. The number of benzene rings is 2. The molecule has 0 saturated heterocycles. The molecule has 0 aliphatic rings. The highest BCUT2D eigenvalue weighted by atomic mass is 35.5. The Hall–Kier alpha value is -1.84. The van der Waals surface area contributed by atoms with Crippen molar-refractivity contribution in [3.63, 3.8) is 0 Å². The lowest BCUT2D eigenvalue weighted by molar-refractivity contribution is 0.419. The van der Waals surface area contributed by atoms with E-state index in [9.17, 15) is 0 Å². The van der Waals surface area contributed by atoms with Gasteiger partial charge in [0.25, 0.3) is 0 Å². The van der Waals surface area contributed by atoms with Gasteiger partial charge in [0, 0.05) is 22.2 Å². The van der Waals surface area contributed by atoms with Crippen molar-refractivity contribution in [1.82, 2.24) is 9.97 Å².